The van der Waals surface area contributed by atoms with Crippen molar-refractivity contribution in [2.45, 2.75) is 31.9 Å². The van der Waals surface area contributed by atoms with Gasteiger partial charge in [-0.25, -0.2) is 13.4 Å². The third-order valence-corrected chi connectivity index (χ3v) is 7.53. The van der Waals surface area contributed by atoms with Gasteiger partial charge < -0.3 is 4.90 Å². The van der Waals surface area contributed by atoms with E-state index in [0.29, 0.717) is 23.8 Å². The number of pyridine rings is 1. The summed E-state index contributed by atoms with van der Waals surface area (Å²) in [4.78, 5) is 8.86. The molecule has 1 aromatic heterocycles. The Balaban J connectivity index is 1.93. The van der Waals surface area contributed by atoms with Crippen LogP contribution in [-0.4, -0.2) is 79.9 Å². The topological polar surface area (TPSA) is 56.8 Å². The molecule has 0 bridgehead atoms. The Morgan fingerprint density at radius 2 is 1.82 bits per heavy atom. The molecular formula is C20H33ClN4O2S. The Hall–Kier alpha value is -0.990. The second-order valence-corrected chi connectivity index (χ2v) is 9.64. The van der Waals surface area contributed by atoms with E-state index in [1.165, 1.54) is 12.3 Å². The van der Waals surface area contributed by atoms with Crippen LogP contribution in [0, 0.1) is 0 Å². The van der Waals surface area contributed by atoms with Crippen LogP contribution in [0.3, 0.4) is 0 Å². The van der Waals surface area contributed by atoms with Crippen LogP contribution in [0.15, 0.2) is 31.0 Å². The van der Waals surface area contributed by atoms with Crippen LogP contribution in [0.1, 0.15) is 37.5 Å². The van der Waals surface area contributed by atoms with E-state index in [-0.39, 0.29) is 0 Å². The summed E-state index contributed by atoms with van der Waals surface area (Å²) >= 11 is 5.82. The van der Waals surface area contributed by atoms with Gasteiger partial charge in [-0.2, -0.15) is 4.31 Å². The quantitative estimate of drug-likeness (QED) is 0.400. The highest BCUT2D eigenvalue weighted by Crippen LogP contribution is 2.27. The van der Waals surface area contributed by atoms with E-state index in [2.05, 4.69) is 35.2 Å². The van der Waals surface area contributed by atoms with Gasteiger partial charge in [-0.15, -0.1) is 6.58 Å². The minimum atomic E-state index is -3.52. The monoisotopic (exact) mass is 428 g/mol. The van der Waals surface area contributed by atoms with Crippen molar-refractivity contribution < 1.29 is 8.42 Å². The molecule has 1 aromatic rings. The summed E-state index contributed by atoms with van der Waals surface area (Å²) in [5.41, 5.74) is 0.594. The SMILES string of the molecule is C=CC(c1ccc(Cl)nc1)S(=O)(=O)N1CCN(CCN(CCC)CCC)CC1. The number of nitrogens with zero attached hydrogens (tertiary/aromatic N) is 4. The maximum Gasteiger partial charge on any atom is 0.224 e. The Morgan fingerprint density at radius 3 is 2.32 bits per heavy atom. The molecule has 2 rings (SSSR count). The van der Waals surface area contributed by atoms with Crippen molar-refractivity contribution in [2.75, 3.05) is 52.4 Å². The second kappa shape index (κ2) is 11.3. The Kier molecular flexibility index (Phi) is 9.37. The van der Waals surface area contributed by atoms with Crippen molar-refractivity contribution in [1.29, 1.82) is 0 Å². The van der Waals surface area contributed by atoms with Gasteiger partial charge in [0.2, 0.25) is 10.0 Å². The smallest absolute Gasteiger partial charge is 0.224 e. The number of sulfonamides is 1. The van der Waals surface area contributed by atoms with Crippen molar-refractivity contribution in [3.05, 3.63) is 41.7 Å². The van der Waals surface area contributed by atoms with Gasteiger partial charge in [0.05, 0.1) is 0 Å². The largest absolute Gasteiger partial charge is 0.302 e. The van der Waals surface area contributed by atoms with Gasteiger partial charge in [0.1, 0.15) is 10.4 Å². The van der Waals surface area contributed by atoms with Gasteiger partial charge in [0, 0.05) is 45.5 Å². The van der Waals surface area contributed by atoms with E-state index in [1.807, 2.05) is 0 Å². The summed E-state index contributed by atoms with van der Waals surface area (Å²) in [5, 5.41) is -0.453. The molecule has 0 saturated carbocycles. The highest BCUT2D eigenvalue weighted by Gasteiger charge is 2.33. The predicted molar refractivity (Wildman–Crippen MR) is 116 cm³/mol. The number of rotatable bonds is 11. The van der Waals surface area contributed by atoms with Gasteiger partial charge in [0.25, 0.3) is 0 Å². The zero-order chi connectivity index (χ0) is 20.6. The third kappa shape index (κ3) is 6.26. The first-order chi connectivity index (χ1) is 13.4. The second-order valence-electron chi connectivity index (χ2n) is 7.20. The molecule has 0 radical (unpaired) electrons. The fourth-order valence-corrected chi connectivity index (χ4v) is 5.44. The summed E-state index contributed by atoms with van der Waals surface area (Å²) in [6.07, 6.45) is 5.31. The third-order valence-electron chi connectivity index (χ3n) is 5.12. The van der Waals surface area contributed by atoms with Crippen LogP contribution in [0.5, 0.6) is 0 Å². The maximum absolute atomic E-state index is 13.1. The maximum atomic E-state index is 13.1. The number of halogens is 1. The molecule has 0 amide bonds. The van der Waals surface area contributed by atoms with Crippen LogP contribution in [0.2, 0.25) is 5.15 Å². The lowest BCUT2D eigenvalue weighted by Gasteiger charge is -2.36. The Labute approximate surface area is 175 Å². The number of aromatic nitrogens is 1. The molecule has 1 unspecified atom stereocenters. The highest BCUT2D eigenvalue weighted by molar-refractivity contribution is 7.89. The van der Waals surface area contributed by atoms with Gasteiger partial charge >= 0.3 is 0 Å². The summed E-state index contributed by atoms with van der Waals surface area (Å²) in [6, 6.07) is 3.31. The highest BCUT2D eigenvalue weighted by atomic mass is 35.5. The van der Waals surface area contributed by atoms with Crippen molar-refractivity contribution in [2.24, 2.45) is 0 Å². The molecular weight excluding hydrogens is 396 g/mol. The minimum Gasteiger partial charge on any atom is -0.302 e. The van der Waals surface area contributed by atoms with Crippen molar-refractivity contribution in [3.63, 3.8) is 0 Å². The molecule has 2 heterocycles. The van der Waals surface area contributed by atoms with Crippen molar-refractivity contribution in [1.82, 2.24) is 19.1 Å². The molecule has 1 aliphatic rings. The predicted octanol–water partition coefficient (Wildman–Crippen LogP) is 3.03. The number of hydrogen-bond acceptors (Lipinski definition) is 5. The van der Waals surface area contributed by atoms with Gasteiger partial charge in [0.15, 0.2) is 0 Å². The molecule has 1 aliphatic heterocycles. The van der Waals surface area contributed by atoms with Crippen LogP contribution in [0.4, 0.5) is 0 Å². The molecule has 0 N–H and O–H groups in total. The number of piperazine rings is 1. The average Bonchev–Trinajstić information content (AvgIpc) is 2.69. The van der Waals surface area contributed by atoms with Crippen molar-refractivity contribution in [3.8, 4) is 0 Å². The summed E-state index contributed by atoms with van der Waals surface area (Å²) in [7, 11) is -3.52. The van der Waals surface area contributed by atoms with E-state index < -0.39 is 15.3 Å². The standard InChI is InChI=1S/C20H33ClN4O2S/c1-4-9-23(10-5-2)11-12-24-13-15-25(16-14-24)28(26,27)19(6-3)18-7-8-20(21)22-17-18/h6-8,17,19H,3-5,9-16H2,1-2H3. The van der Waals surface area contributed by atoms with E-state index >= 15 is 0 Å². The lowest BCUT2D eigenvalue weighted by molar-refractivity contribution is 0.158. The molecule has 1 fully saturated rings. The Morgan fingerprint density at radius 1 is 1.18 bits per heavy atom. The van der Waals surface area contributed by atoms with Crippen LogP contribution >= 0.6 is 11.6 Å². The average molecular weight is 429 g/mol. The molecule has 0 aromatic carbocycles. The summed E-state index contributed by atoms with van der Waals surface area (Å²) in [6.45, 7) is 15.0. The molecule has 6 nitrogen and oxygen atoms in total. The molecule has 1 saturated heterocycles. The first-order valence-corrected chi connectivity index (χ1v) is 12.0. The van der Waals surface area contributed by atoms with E-state index in [9.17, 15) is 8.42 Å². The number of hydrogen-bond donors (Lipinski definition) is 0. The molecule has 8 heteroatoms. The summed E-state index contributed by atoms with van der Waals surface area (Å²) in [5.74, 6) is 0. The normalized spacial score (nSPS) is 17.7. The van der Waals surface area contributed by atoms with Gasteiger partial charge in [-0.3, -0.25) is 4.90 Å². The molecule has 0 spiro atoms. The lowest BCUT2D eigenvalue weighted by Crippen LogP contribution is -2.51. The van der Waals surface area contributed by atoms with E-state index in [4.69, 9.17) is 11.6 Å². The van der Waals surface area contributed by atoms with Crippen LogP contribution < -0.4 is 0 Å². The first-order valence-electron chi connectivity index (χ1n) is 10.1. The zero-order valence-corrected chi connectivity index (χ0v) is 18.6. The van der Waals surface area contributed by atoms with Gasteiger partial charge in [-0.05, 0) is 37.6 Å². The lowest BCUT2D eigenvalue weighted by atomic mass is 10.2. The Bertz CT molecular complexity index is 697. The van der Waals surface area contributed by atoms with E-state index in [1.54, 1.807) is 16.4 Å². The zero-order valence-electron chi connectivity index (χ0n) is 17.1. The van der Waals surface area contributed by atoms with Gasteiger partial charge in [-0.1, -0.05) is 37.6 Å². The first kappa shape index (κ1) is 23.3. The van der Waals surface area contributed by atoms with Crippen LogP contribution in [-0.2, 0) is 10.0 Å². The fourth-order valence-electron chi connectivity index (χ4n) is 3.60. The van der Waals surface area contributed by atoms with E-state index in [0.717, 1.165) is 52.1 Å². The summed E-state index contributed by atoms with van der Waals surface area (Å²) < 4.78 is 27.8. The molecule has 28 heavy (non-hydrogen) atoms. The van der Waals surface area contributed by atoms with Crippen LogP contribution in [0.25, 0.3) is 0 Å². The molecule has 1 atom stereocenters. The van der Waals surface area contributed by atoms with Crippen molar-refractivity contribution >= 4 is 21.6 Å². The fraction of sp³-hybridized carbons (Fsp3) is 0.650. The molecule has 0 aliphatic carbocycles. The molecule has 158 valence electrons. The minimum absolute atomic E-state index is 0.345.